The van der Waals surface area contributed by atoms with Crippen LogP contribution in [0, 0.1) is 13.8 Å². The van der Waals surface area contributed by atoms with E-state index in [1.807, 2.05) is 13.8 Å². The van der Waals surface area contributed by atoms with Gasteiger partial charge in [0.05, 0.1) is 11.5 Å². The van der Waals surface area contributed by atoms with Crippen molar-refractivity contribution in [2.45, 2.75) is 25.3 Å². The SMILES string of the molecule is Cc1ccc(S(=O)(=O)Nc2cccc(CO)c2)cc1C. The lowest BCUT2D eigenvalue weighted by Gasteiger charge is -2.10. The number of benzene rings is 2. The molecule has 5 heteroatoms. The molecule has 2 N–H and O–H groups in total. The molecule has 0 spiro atoms. The van der Waals surface area contributed by atoms with Crippen LogP contribution in [0.2, 0.25) is 0 Å². The molecule has 0 saturated heterocycles. The average molecular weight is 291 g/mol. The Morgan fingerprint density at radius 3 is 2.45 bits per heavy atom. The predicted octanol–water partition coefficient (Wildman–Crippen LogP) is 2.60. The van der Waals surface area contributed by atoms with E-state index in [1.165, 1.54) is 0 Å². The third-order valence-electron chi connectivity index (χ3n) is 3.15. The molecule has 20 heavy (non-hydrogen) atoms. The van der Waals surface area contributed by atoms with Gasteiger partial charge in [-0.1, -0.05) is 18.2 Å². The molecular weight excluding hydrogens is 274 g/mol. The number of aliphatic hydroxyl groups excluding tert-OH is 1. The van der Waals surface area contributed by atoms with Gasteiger partial charge in [-0.3, -0.25) is 4.72 Å². The predicted molar refractivity (Wildman–Crippen MR) is 79.1 cm³/mol. The Hall–Kier alpha value is -1.85. The monoisotopic (exact) mass is 291 g/mol. The first-order valence-electron chi connectivity index (χ1n) is 6.22. The van der Waals surface area contributed by atoms with Gasteiger partial charge in [-0.05, 0) is 54.8 Å². The summed E-state index contributed by atoms with van der Waals surface area (Å²) in [4.78, 5) is 0.231. The molecule has 4 nitrogen and oxygen atoms in total. The largest absolute Gasteiger partial charge is 0.392 e. The quantitative estimate of drug-likeness (QED) is 0.910. The van der Waals surface area contributed by atoms with Crippen molar-refractivity contribution in [3.8, 4) is 0 Å². The molecule has 0 aliphatic rings. The van der Waals surface area contributed by atoms with Crippen LogP contribution in [0.25, 0.3) is 0 Å². The van der Waals surface area contributed by atoms with Crippen molar-refractivity contribution in [3.05, 3.63) is 59.2 Å². The lowest BCUT2D eigenvalue weighted by molar-refractivity contribution is 0.282. The van der Waals surface area contributed by atoms with E-state index in [9.17, 15) is 8.42 Å². The highest BCUT2D eigenvalue weighted by atomic mass is 32.2. The van der Waals surface area contributed by atoms with Crippen molar-refractivity contribution in [3.63, 3.8) is 0 Å². The summed E-state index contributed by atoms with van der Waals surface area (Å²) < 4.78 is 27.1. The van der Waals surface area contributed by atoms with Crippen molar-refractivity contribution in [2.75, 3.05) is 4.72 Å². The Morgan fingerprint density at radius 1 is 1.05 bits per heavy atom. The molecule has 2 aromatic carbocycles. The van der Waals surface area contributed by atoms with Crippen molar-refractivity contribution in [1.82, 2.24) is 0 Å². The van der Waals surface area contributed by atoms with Gasteiger partial charge in [-0.15, -0.1) is 0 Å². The Labute approximate surface area is 119 Å². The van der Waals surface area contributed by atoms with E-state index < -0.39 is 10.0 Å². The molecule has 106 valence electrons. The van der Waals surface area contributed by atoms with Crippen LogP contribution in [0.1, 0.15) is 16.7 Å². The van der Waals surface area contributed by atoms with Gasteiger partial charge in [0, 0.05) is 5.69 Å². The number of sulfonamides is 1. The van der Waals surface area contributed by atoms with Crippen LogP contribution in [0.15, 0.2) is 47.4 Å². The molecule has 2 rings (SSSR count). The molecule has 0 aliphatic heterocycles. The molecule has 0 radical (unpaired) electrons. The van der Waals surface area contributed by atoms with Gasteiger partial charge in [0.1, 0.15) is 0 Å². The fourth-order valence-electron chi connectivity index (χ4n) is 1.83. The van der Waals surface area contributed by atoms with Crippen molar-refractivity contribution in [2.24, 2.45) is 0 Å². The first kappa shape index (κ1) is 14.6. The summed E-state index contributed by atoms with van der Waals surface area (Å²) in [6.45, 7) is 3.68. The van der Waals surface area contributed by atoms with Crippen LogP contribution in [0.5, 0.6) is 0 Å². The summed E-state index contributed by atoms with van der Waals surface area (Å²) in [5.74, 6) is 0. The molecule has 0 aliphatic carbocycles. The molecule has 0 heterocycles. The van der Waals surface area contributed by atoms with E-state index in [2.05, 4.69) is 4.72 Å². The standard InChI is InChI=1S/C15H17NO3S/c1-11-6-7-15(8-12(11)2)20(18,19)16-14-5-3-4-13(9-14)10-17/h3-9,16-17H,10H2,1-2H3. The molecule has 0 saturated carbocycles. The highest BCUT2D eigenvalue weighted by Gasteiger charge is 2.14. The lowest BCUT2D eigenvalue weighted by Crippen LogP contribution is -2.13. The summed E-state index contributed by atoms with van der Waals surface area (Å²) in [6.07, 6.45) is 0. The van der Waals surface area contributed by atoms with E-state index in [0.717, 1.165) is 11.1 Å². The number of aryl methyl sites for hydroxylation is 2. The third-order valence-corrected chi connectivity index (χ3v) is 4.53. The molecule has 0 bridgehead atoms. The maximum Gasteiger partial charge on any atom is 0.261 e. The number of anilines is 1. The van der Waals surface area contributed by atoms with E-state index in [4.69, 9.17) is 5.11 Å². The lowest BCUT2D eigenvalue weighted by atomic mass is 10.1. The number of aliphatic hydroxyl groups is 1. The first-order valence-corrected chi connectivity index (χ1v) is 7.70. The summed E-state index contributed by atoms with van der Waals surface area (Å²) in [7, 11) is -3.61. The second-order valence-corrected chi connectivity index (χ2v) is 6.39. The molecule has 0 unspecified atom stereocenters. The Kier molecular flexibility index (Phi) is 4.11. The second-order valence-electron chi connectivity index (χ2n) is 4.71. The minimum Gasteiger partial charge on any atom is -0.392 e. The van der Waals surface area contributed by atoms with Gasteiger partial charge in [0.2, 0.25) is 0 Å². The number of nitrogens with one attached hydrogen (secondary N) is 1. The first-order chi connectivity index (χ1) is 9.42. The molecule has 0 atom stereocenters. The topological polar surface area (TPSA) is 66.4 Å². The highest BCUT2D eigenvalue weighted by Crippen LogP contribution is 2.19. The second kappa shape index (κ2) is 5.64. The number of hydrogen-bond acceptors (Lipinski definition) is 3. The zero-order valence-corrected chi connectivity index (χ0v) is 12.2. The molecule has 0 amide bonds. The van der Waals surface area contributed by atoms with Crippen LogP contribution in [-0.4, -0.2) is 13.5 Å². The smallest absolute Gasteiger partial charge is 0.261 e. The summed E-state index contributed by atoms with van der Waals surface area (Å²) in [5, 5.41) is 9.07. The molecule has 2 aromatic rings. The third kappa shape index (κ3) is 3.18. The average Bonchev–Trinajstić information content (AvgIpc) is 2.41. The molecular formula is C15H17NO3S. The Morgan fingerprint density at radius 2 is 1.80 bits per heavy atom. The maximum absolute atomic E-state index is 12.3. The fraction of sp³-hybridized carbons (Fsp3) is 0.200. The van der Waals surface area contributed by atoms with E-state index in [-0.39, 0.29) is 11.5 Å². The van der Waals surface area contributed by atoms with Crippen LogP contribution < -0.4 is 4.72 Å². The maximum atomic E-state index is 12.3. The van der Waals surface area contributed by atoms with E-state index >= 15 is 0 Å². The summed E-state index contributed by atoms with van der Waals surface area (Å²) in [5.41, 5.74) is 3.07. The van der Waals surface area contributed by atoms with E-state index in [0.29, 0.717) is 11.3 Å². The van der Waals surface area contributed by atoms with E-state index in [1.54, 1.807) is 42.5 Å². The van der Waals surface area contributed by atoms with Crippen LogP contribution in [-0.2, 0) is 16.6 Å². The van der Waals surface area contributed by atoms with Crippen molar-refractivity contribution in [1.29, 1.82) is 0 Å². The van der Waals surface area contributed by atoms with Gasteiger partial charge in [0.25, 0.3) is 10.0 Å². The fourth-order valence-corrected chi connectivity index (χ4v) is 2.96. The van der Waals surface area contributed by atoms with Gasteiger partial charge in [0.15, 0.2) is 0 Å². The van der Waals surface area contributed by atoms with Gasteiger partial charge in [-0.2, -0.15) is 0 Å². The summed E-state index contributed by atoms with van der Waals surface area (Å²) in [6, 6.07) is 11.7. The minimum atomic E-state index is -3.61. The molecule has 0 fully saturated rings. The molecule has 0 aromatic heterocycles. The number of hydrogen-bond donors (Lipinski definition) is 2. The Bertz CT molecular complexity index is 724. The zero-order chi connectivity index (χ0) is 14.8. The van der Waals surface area contributed by atoms with Gasteiger partial charge >= 0.3 is 0 Å². The van der Waals surface area contributed by atoms with Crippen LogP contribution in [0.3, 0.4) is 0 Å². The van der Waals surface area contributed by atoms with Crippen LogP contribution >= 0.6 is 0 Å². The highest BCUT2D eigenvalue weighted by molar-refractivity contribution is 7.92. The zero-order valence-electron chi connectivity index (χ0n) is 11.4. The minimum absolute atomic E-state index is 0.126. The van der Waals surface area contributed by atoms with Crippen LogP contribution in [0.4, 0.5) is 5.69 Å². The number of rotatable bonds is 4. The van der Waals surface area contributed by atoms with Crippen molar-refractivity contribution < 1.29 is 13.5 Å². The van der Waals surface area contributed by atoms with Gasteiger partial charge in [-0.25, -0.2) is 8.42 Å². The van der Waals surface area contributed by atoms with Gasteiger partial charge < -0.3 is 5.11 Å². The normalized spacial score (nSPS) is 11.3. The van der Waals surface area contributed by atoms with Crippen molar-refractivity contribution >= 4 is 15.7 Å². The summed E-state index contributed by atoms with van der Waals surface area (Å²) >= 11 is 0. The Balaban J connectivity index is 2.32.